The number of para-hydroxylation sites is 1. The fourth-order valence-corrected chi connectivity index (χ4v) is 4.55. The first-order valence-corrected chi connectivity index (χ1v) is 10.4. The second kappa shape index (κ2) is 8.66. The standard InChI is InChI=1S/C19H27N5OS/c1-4-23(16-11-6-5-7-12-16)17(25)13-26-19-20-21-22-24(19)18-14(2)9-8-10-15(18)3/h8-10,16H,4-7,11-13H2,1-3H3. The van der Waals surface area contributed by atoms with Crippen LogP contribution >= 0.6 is 11.8 Å². The average molecular weight is 374 g/mol. The van der Waals surface area contributed by atoms with Gasteiger partial charge in [0.15, 0.2) is 0 Å². The lowest BCUT2D eigenvalue weighted by atomic mass is 9.94. The molecule has 140 valence electrons. The molecule has 1 heterocycles. The molecule has 7 heteroatoms. The fourth-order valence-electron chi connectivity index (χ4n) is 3.79. The summed E-state index contributed by atoms with van der Waals surface area (Å²) in [5.74, 6) is 0.552. The molecule has 0 N–H and O–H groups in total. The topological polar surface area (TPSA) is 63.9 Å². The largest absolute Gasteiger partial charge is 0.339 e. The van der Waals surface area contributed by atoms with E-state index in [-0.39, 0.29) is 5.91 Å². The summed E-state index contributed by atoms with van der Waals surface area (Å²) in [5, 5.41) is 12.8. The van der Waals surface area contributed by atoms with Crippen LogP contribution in [0.3, 0.4) is 0 Å². The second-order valence-corrected chi connectivity index (χ2v) is 7.82. The third-order valence-electron chi connectivity index (χ3n) is 5.09. The van der Waals surface area contributed by atoms with E-state index >= 15 is 0 Å². The highest BCUT2D eigenvalue weighted by Gasteiger charge is 2.24. The molecule has 3 rings (SSSR count). The van der Waals surface area contributed by atoms with E-state index in [1.165, 1.54) is 31.0 Å². The minimum atomic E-state index is 0.181. The zero-order valence-electron chi connectivity index (χ0n) is 15.8. The normalized spacial score (nSPS) is 15.2. The number of aromatic nitrogens is 4. The minimum Gasteiger partial charge on any atom is -0.339 e. The fraction of sp³-hybridized carbons (Fsp3) is 0.579. The molecule has 1 aromatic heterocycles. The maximum atomic E-state index is 12.8. The lowest BCUT2D eigenvalue weighted by Gasteiger charge is -2.33. The summed E-state index contributed by atoms with van der Waals surface area (Å²) in [6.45, 7) is 6.93. The molecule has 0 atom stereocenters. The van der Waals surface area contributed by atoms with Crippen molar-refractivity contribution in [2.45, 2.75) is 64.1 Å². The zero-order chi connectivity index (χ0) is 18.5. The van der Waals surface area contributed by atoms with Crippen LogP contribution in [0, 0.1) is 13.8 Å². The van der Waals surface area contributed by atoms with Crippen molar-refractivity contribution in [3.05, 3.63) is 29.3 Å². The lowest BCUT2D eigenvalue weighted by Crippen LogP contribution is -2.42. The van der Waals surface area contributed by atoms with Gasteiger partial charge in [-0.1, -0.05) is 49.2 Å². The van der Waals surface area contributed by atoms with Gasteiger partial charge in [-0.15, -0.1) is 5.10 Å². The molecule has 0 spiro atoms. The van der Waals surface area contributed by atoms with Gasteiger partial charge in [-0.25, -0.2) is 0 Å². The Hall–Kier alpha value is -1.89. The van der Waals surface area contributed by atoms with Crippen molar-refractivity contribution in [1.29, 1.82) is 0 Å². The summed E-state index contributed by atoms with van der Waals surface area (Å²) in [4.78, 5) is 14.8. The number of carbonyl (C=O) groups excluding carboxylic acids is 1. The average Bonchev–Trinajstić information content (AvgIpc) is 3.09. The molecule has 1 fully saturated rings. The number of thioether (sulfide) groups is 1. The first-order valence-electron chi connectivity index (χ1n) is 9.39. The van der Waals surface area contributed by atoms with Crippen molar-refractivity contribution in [2.24, 2.45) is 0 Å². The van der Waals surface area contributed by atoms with Crippen LogP contribution in [0.4, 0.5) is 0 Å². The molecule has 1 saturated carbocycles. The maximum absolute atomic E-state index is 12.8. The van der Waals surface area contributed by atoms with E-state index in [0.29, 0.717) is 17.0 Å². The number of hydrogen-bond acceptors (Lipinski definition) is 5. The Balaban J connectivity index is 1.70. The van der Waals surface area contributed by atoms with Gasteiger partial charge in [0.2, 0.25) is 11.1 Å². The number of amides is 1. The van der Waals surface area contributed by atoms with E-state index in [4.69, 9.17) is 0 Å². The van der Waals surface area contributed by atoms with Crippen LogP contribution < -0.4 is 0 Å². The van der Waals surface area contributed by atoms with Gasteiger partial charge in [-0.2, -0.15) is 4.68 Å². The molecule has 1 aromatic carbocycles. The van der Waals surface area contributed by atoms with Gasteiger partial charge in [0.25, 0.3) is 0 Å². The molecular weight excluding hydrogens is 346 g/mol. The Morgan fingerprint density at radius 3 is 2.58 bits per heavy atom. The third-order valence-corrected chi connectivity index (χ3v) is 6.00. The van der Waals surface area contributed by atoms with Gasteiger partial charge in [-0.3, -0.25) is 4.79 Å². The Kier molecular flexibility index (Phi) is 6.29. The summed E-state index contributed by atoms with van der Waals surface area (Å²) in [5.41, 5.74) is 3.22. The monoisotopic (exact) mass is 373 g/mol. The number of aryl methyl sites for hydroxylation is 2. The predicted molar refractivity (Wildman–Crippen MR) is 104 cm³/mol. The molecule has 1 aliphatic rings. The number of benzene rings is 1. The SMILES string of the molecule is CCN(C(=O)CSc1nnnn1-c1c(C)cccc1C)C1CCCCC1. The predicted octanol–water partition coefficient (Wildman–Crippen LogP) is 3.55. The molecule has 1 aliphatic carbocycles. The van der Waals surface area contributed by atoms with Crippen molar-refractivity contribution in [2.75, 3.05) is 12.3 Å². The van der Waals surface area contributed by atoms with Gasteiger partial charge < -0.3 is 4.90 Å². The smallest absolute Gasteiger partial charge is 0.233 e. The highest BCUT2D eigenvalue weighted by atomic mass is 32.2. The van der Waals surface area contributed by atoms with Crippen molar-refractivity contribution in [1.82, 2.24) is 25.1 Å². The summed E-state index contributed by atoms with van der Waals surface area (Å²) >= 11 is 1.42. The van der Waals surface area contributed by atoms with Gasteiger partial charge >= 0.3 is 0 Å². The van der Waals surface area contributed by atoms with E-state index in [2.05, 4.69) is 22.4 Å². The van der Waals surface area contributed by atoms with Crippen LogP contribution in [0.25, 0.3) is 5.69 Å². The van der Waals surface area contributed by atoms with Crippen LogP contribution in [0.15, 0.2) is 23.4 Å². The van der Waals surface area contributed by atoms with Crippen molar-refractivity contribution in [3.8, 4) is 5.69 Å². The number of nitrogens with zero attached hydrogens (tertiary/aromatic N) is 5. The highest BCUT2D eigenvalue weighted by molar-refractivity contribution is 7.99. The Morgan fingerprint density at radius 2 is 1.92 bits per heavy atom. The van der Waals surface area contributed by atoms with E-state index in [1.54, 1.807) is 4.68 Å². The number of rotatable bonds is 6. The summed E-state index contributed by atoms with van der Waals surface area (Å²) in [6, 6.07) is 6.52. The quantitative estimate of drug-likeness (QED) is 0.725. The Morgan fingerprint density at radius 1 is 1.23 bits per heavy atom. The van der Waals surface area contributed by atoms with Crippen molar-refractivity contribution < 1.29 is 4.79 Å². The third kappa shape index (κ3) is 4.09. The van der Waals surface area contributed by atoms with Gasteiger partial charge in [0.05, 0.1) is 11.4 Å². The van der Waals surface area contributed by atoms with Gasteiger partial charge in [0, 0.05) is 12.6 Å². The number of hydrogen-bond donors (Lipinski definition) is 0. The van der Waals surface area contributed by atoms with E-state index in [9.17, 15) is 4.79 Å². The Bertz CT molecular complexity index is 734. The van der Waals surface area contributed by atoms with Crippen LogP contribution in [-0.2, 0) is 4.79 Å². The molecule has 6 nitrogen and oxygen atoms in total. The van der Waals surface area contributed by atoms with E-state index in [0.717, 1.165) is 36.2 Å². The molecule has 0 radical (unpaired) electrons. The van der Waals surface area contributed by atoms with Crippen molar-refractivity contribution in [3.63, 3.8) is 0 Å². The Labute approximate surface area is 159 Å². The number of carbonyl (C=O) groups is 1. The number of tetrazole rings is 1. The lowest BCUT2D eigenvalue weighted by molar-refractivity contribution is -0.131. The first kappa shape index (κ1) is 18.9. The van der Waals surface area contributed by atoms with E-state index in [1.807, 2.05) is 36.9 Å². The van der Waals surface area contributed by atoms with Gasteiger partial charge in [-0.05, 0) is 55.2 Å². The molecular formula is C19H27N5OS. The molecule has 0 bridgehead atoms. The summed E-state index contributed by atoms with van der Waals surface area (Å²) in [6.07, 6.45) is 6.01. The van der Waals surface area contributed by atoms with Crippen LogP contribution in [0.1, 0.15) is 50.2 Å². The molecule has 0 unspecified atom stereocenters. The van der Waals surface area contributed by atoms with Crippen LogP contribution in [-0.4, -0.2) is 49.4 Å². The highest BCUT2D eigenvalue weighted by Crippen LogP contribution is 2.26. The van der Waals surface area contributed by atoms with Gasteiger partial charge in [0.1, 0.15) is 0 Å². The molecule has 1 amide bonds. The van der Waals surface area contributed by atoms with Crippen LogP contribution in [0.5, 0.6) is 0 Å². The van der Waals surface area contributed by atoms with Crippen molar-refractivity contribution >= 4 is 17.7 Å². The molecule has 0 aliphatic heterocycles. The minimum absolute atomic E-state index is 0.181. The molecule has 26 heavy (non-hydrogen) atoms. The van der Waals surface area contributed by atoms with Crippen LogP contribution in [0.2, 0.25) is 0 Å². The molecule has 2 aromatic rings. The van der Waals surface area contributed by atoms with E-state index < -0.39 is 0 Å². The first-order chi connectivity index (χ1) is 12.6. The zero-order valence-corrected chi connectivity index (χ0v) is 16.6. The molecule has 0 saturated heterocycles. The summed E-state index contributed by atoms with van der Waals surface area (Å²) < 4.78 is 1.75. The maximum Gasteiger partial charge on any atom is 0.233 e. The summed E-state index contributed by atoms with van der Waals surface area (Å²) in [7, 11) is 0. The second-order valence-electron chi connectivity index (χ2n) is 6.87.